The Balaban J connectivity index is 1.58. The van der Waals surface area contributed by atoms with E-state index in [1.54, 1.807) is 52.1 Å². The number of nitro benzene ring substituents is 1. The third-order valence-corrected chi connectivity index (χ3v) is 8.45. The van der Waals surface area contributed by atoms with Gasteiger partial charge in [0.15, 0.2) is 0 Å². The monoisotopic (exact) mass is 681 g/mol. The molecule has 0 aliphatic carbocycles. The fraction of sp³-hybridized carbons (Fsp3) is 0.297. The second-order valence-corrected chi connectivity index (χ2v) is 12.9. The van der Waals surface area contributed by atoms with Gasteiger partial charge in [0.1, 0.15) is 23.4 Å². The average Bonchev–Trinajstić information content (AvgIpc) is 3.20. The van der Waals surface area contributed by atoms with Crippen molar-refractivity contribution in [1.29, 1.82) is 0 Å². The van der Waals surface area contributed by atoms with Gasteiger partial charge in [0.2, 0.25) is 5.91 Å². The summed E-state index contributed by atoms with van der Waals surface area (Å²) in [6.45, 7) is 6.39. The van der Waals surface area contributed by atoms with Crippen LogP contribution in [0.4, 0.5) is 21.9 Å². The van der Waals surface area contributed by atoms with E-state index in [0.717, 1.165) is 15.7 Å². The van der Waals surface area contributed by atoms with Gasteiger partial charge in [-0.25, -0.2) is 4.79 Å². The summed E-state index contributed by atoms with van der Waals surface area (Å²) in [5.41, 5.74) is 0.665. The second kappa shape index (κ2) is 14.2. The van der Waals surface area contributed by atoms with E-state index < -0.39 is 46.4 Å². The van der Waals surface area contributed by atoms with Crippen molar-refractivity contribution in [2.75, 3.05) is 30.5 Å². The summed E-state index contributed by atoms with van der Waals surface area (Å²) in [7, 11) is 2.97. The molecule has 4 aromatic rings. The molecule has 0 saturated carbocycles. The van der Waals surface area contributed by atoms with Gasteiger partial charge in [-0.2, -0.15) is 0 Å². The number of ether oxygens (including phenoxy) is 2. The van der Waals surface area contributed by atoms with Crippen molar-refractivity contribution in [2.45, 2.75) is 51.9 Å². The molecule has 0 unspecified atom stereocenters. The maximum atomic E-state index is 14.7. The summed E-state index contributed by atoms with van der Waals surface area (Å²) in [6, 6.07) is 21.1. The molecule has 13 heteroatoms. The Morgan fingerprint density at radius 3 is 2.26 bits per heavy atom. The fourth-order valence-corrected chi connectivity index (χ4v) is 5.72. The van der Waals surface area contributed by atoms with Gasteiger partial charge in [0.05, 0.1) is 36.5 Å². The number of carbonyl (C=O) groups is 4. The van der Waals surface area contributed by atoms with Gasteiger partial charge in [0, 0.05) is 30.3 Å². The molecule has 1 aliphatic heterocycles. The Morgan fingerprint density at radius 2 is 1.62 bits per heavy atom. The predicted molar refractivity (Wildman–Crippen MR) is 188 cm³/mol. The number of benzene rings is 4. The van der Waals surface area contributed by atoms with E-state index in [4.69, 9.17) is 9.47 Å². The van der Waals surface area contributed by atoms with Crippen LogP contribution in [-0.4, -0.2) is 72.0 Å². The molecule has 260 valence electrons. The number of non-ortho nitro benzene ring substituents is 1. The van der Waals surface area contributed by atoms with Crippen LogP contribution in [-0.2, 0) is 20.9 Å². The van der Waals surface area contributed by atoms with Gasteiger partial charge in [-0.1, -0.05) is 42.5 Å². The second-order valence-electron chi connectivity index (χ2n) is 12.9. The van der Waals surface area contributed by atoms with Crippen LogP contribution in [0.2, 0.25) is 0 Å². The van der Waals surface area contributed by atoms with Gasteiger partial charge < -0.3 is 24.6 Å². The first-order valence-electron chi connectivity index (χ1n) is 16.0. The zero-order valence-electron chi connectivity index (χ0n) is 28.7. The van der Waals surface area contributed by atoms with Crippen molar-refractivity contribution in [3.8, 4) is 5.75 Å². The molecule has 4 aromatic carbocycles. The number of carbonyl (C=O) groups excluding carboxylic acids is 4. The van der Waals surface area contributed by atoms with E-state index in [1.165, 1.54) is 48.0 Å². The molecule has 50 heavy (non-hydrogen) atoms. The maximum Gasteiger partial charge on any atom is 0.410 e. The molecule has 0 saturated heterocycles. The fourth-order valence-electron chi connectivity index (χ4n) is 5.72. The zero-order chi connectivity index (χ0) is 36.3. The zero-order valence-corrected chi connectivity index (χ0v) is 28.7. The number of hydrogen-bond donors (Lipinski definition) is 1. The highest BCUT2D eigenvalue weighted by Crippen LogP contribution is 2.37. The highest BCUT2D eigenvalue weighted by Gasteiger charge is 2.39. The van der Waals surface area contributed by atoms with Crippen molar-refractivity contribution in [2.24, 2.45) is 0 Å². The number of para-hydroxylation sites is 2. The largest absolute Gasteiger partial charge is 0.496 e. The highest BCUT2D eigenvalue weighted by molar-refractivity contribution is 6.13. The SMILES string of the molecule is COc1ccc2ccccc2c1CN1C(=O)[C@@H](NC(=O)[C@H](C)N(C)C(=O)OC(C)(C)C)CN(C(=O)c2ccc([N+](=O)[O-])cc2)c2ccccc21. The Morgan fingerprint density at radius 1 is 0.980 bits per heavy atom. The lowest BCUT2D eigenvalue weighted by molar-refractivity contribution is -0.384. The first-order chi connectivity index (χ1) is 23.7. The van der Waals surface area contributed by atoms with Crippen LogP contribution in [0.25, 0.3) is 10.8 Å². The van der Waals surface area contributed by atoms with E-state index in [0.29, 0.717) is 22.7 Å². The molecule has 4 amide bonds. The number of likely N-dealkylation sites (N-methyl/N-ethyl adjacent to an activating group) is 1. The van der Waals surface area contributed by atoms with Gasteiger partial charge >= 0.3 is 6.09 Å². The summed E-state index contributed by atoms with van der Waals surface area (Å²) in [4.78, 5) is 70.1. The maximum absolute atomic E-state index is 14.7. The lowest BCUT2D eigenvalue weighted by Crippen LogP contribution is -2.57. The number of nitrogens with zero attached hydrogens (tertiary/aromatic N) is 4. The number of rotatable bonds is 8. The van der Waals surface area contributed by atoms with Crippen LogP contribution in [0, 0.1) is 10.1 Å². The lowest BCUT2D eigenvalue weighted by atomic mass is 10.0. The van der Waals surface area contributed by atoms with Gasteiger partial charge in [-0.05, 0) is 68.8 Å². The van der Waals surface area contributed by atoms with Crippen LogP contribution >= 0.6 is 0 Å². The van der Waals surface area contributed by atoms with Gasteiger partial charge in [0.25, 0.3) is 17.5 Å². The van der Waals surface area contributed by atoms with Crippen molar-refractivity contribution in [1.82, 2.24) is 10.2 Å². The number of amides is 4. The van der Waals surface area contributed by atoms with Crippen LogP contribution in [0.3, 0.4) is 0 Å². The van der Waals surface area contributed by atoms with Gasteiger partial charge in [-0.15, -0.1) is 0 Å². The molecule has 0 spiro atoms. The molecule has 2 atom stereocenters. The Hall–Kier alpha value is -5.98. The standard InChI is InChI=1S/C37H39N5O8/c1-23(39(5)36(46)50-37(2,3)4)33(43)38-29-22-41(34(44)25-15-18-26(19-16-25)42(47)48)31-14-10-9-13-30(31)40(35(29)45)21-28-27-12-8-7-11-24(27)17-20-32(28)49-6/h7-20,23,29H,21-22H2,1-6H3,(H,38,43)/t23-,29-/m0/s1. The molecule has 0 bridgehead atoms. The Kier molecular flexibility index (Phi) is 10.1. The molecule has 5 rings (SSSR count). The summed E-state index contributed by atoms with van der Waals surface area (Å²) in [6.07, 6.45) is -0.723. The van der Waals surface area contributed by atoms with Gasteiger partial charge in [-0.3, -0.25) is 29.4 Å². The predicted octanol–water partition coefficient (Wildman–Crippen LogP) is 5.69. The van der Waals surface area contributed by atoms with E-state index in [1.807, 2.05) is 36.4 Å². The number of hydrogen-bond acceptors (Lipinski definition) is 8. The van der Waals surface area contributed by atoms with E-state index in [9.17, 15) is 29.3 Å². The van der Waals surface area contributed by atoms with E-state index in [2.05, 4.69) is 5.32 Å². The topological polar surface area (TPSA) is 152 Å². The first-order valence-corrected chi connectivity index (χ1v) is 16.0. The number of anilines is 2. The van der Waals surface area contributed by atoms with E-state index in [-0.39, 0.29) is 24.3 Å². The van der Waals surface area contributed by atoms with Crippen molar-refractivity contribution >= 4 is 51.6 Å². The third kappa shape index (κ3) is 7.36. The molecule has 0 aromatic heterocycles. The highest BCUT2D eigenvalue weighted by atomic mass is 16.6. The minimum Gasteiger partial charge on any atom is -0.496 e. The smallest absolute Gasteiger partial charge is 0.410 e. The molecular formula is C37H39N5O8. The first kappa shape index (κ1) is 35.3. The average molecular weight is 682 g/mol. The lowest BCUT2D eigenvalue weighted by Gasteiger charge is -2.30. The normalized spacial score (nSPS) is 15.1. The molecule has 1 heterocycles. The summed E-state index contributed by atoms with van der Waals surface area (Å²) < 4.78 is 11.2. The molecular weight excluding hydrogens is 642 g/mol. The Bertz CT molecular complexity index is 1960. The van der Waals surface area contributed by atoms with Crippen LogP contribution in [0.15, 0.2) is 84.9 Å². The quantitative estimate of drug-likeness (QED) is 0.184. The molecule has 0 radical (unpaired) electrons. The number of fused-ring (bicyclic) bond motifs is 2. The minimum absolute atomic E-state index is 0.0275. The van der Waals surface area contributed by atoms with Crippen molar-refractivity contribution in [3.63, 3.8) is 0 Å². The molecule has 0 fully saturated rings. The summed E-state index contributed by atoms with van der Waals surface area (Å²) in [5, 5.41) is 15.9. The molecule has 1 N–H and O–H groups in total. The summed E-state index contributed by atoms with van der Waals surface area (Å²) in [5.74, 6) is -1.15. The van der Waals surface area contributed by atoms with Crippen molar-refractivity contribution in [3.05, 3.63) is 106 Å². The number of methoxy groups -OCH3 is 1. The molecule has 1 aliphatic rings. The molecule has 13 nitrogen and oxygen atoms in total. The number of nitro groups is 1. The van der Waals surface area contributed by atoms with Crippen LogP contribution < -0.4 is 19.9 Å². The van der Waals surface area contributed by atoms with Crippen LogP contribution in [0.5, 0.6) is 5.75 Å². The third-order valence-electron chi connectivity index (χ3n) is 8.45. The number of nitrogens with one attached hydrogen (secondary N) is 1. The minimum atomic E-state index is -1.27. The van der Waals surface area contributed by atoms with Crippen molar-refractivity contribution < 1.29 is 33.6 Å². The Labute approximate surface area is 289 Å². The summed E-state index contributed by atoms with van der Waals surface area (Å²) >= 11 is 0. The van der Waals surface area contributed by atoms with Crippen LogP contribution in [0.1, 0.15) is 43.6 Å². The van der Waals surface area contributed by atoms with E-state index >= 15 is 0 Å².